The van der Waals surface area contributed by atoms with E-state index in [2.05, 4.69) is 20.1 Å². The number of rotatable bonds is 2. The van der Waals surface area contributed by atoms with E-state index in [0.29, 0.717) is 0 Å². The summed E-state index contributed by atoms with van der Waals surface area (Å²) in [5.41, 5.74) is 1.06. The van der Waals surface area contributed by atoms with Crippen molar-refractivity contribution >= 4 is 0 Å². The van der Waals surface area contributed by atoms with E-state index in [0.717, 1.165) is 11.5 Å². The largest absolute Gasteiger partial charge is 0.0991 e. The predicted molar refractivity (Wildman–Crippen MR) is 79.9 cm³/mol. The fourth-order valence-corrected chi connectivity index (χ4v) is 0.845. The van der Waals surface area contributed by atoms with Crippen LogP contribution in [0.1, 0.15) is 60.8 Å². The van der Waals surface area contributed by atoms with Crippen LogP contribution in [-0.2, 0) is 0 Å². The molecule has 0 amide bonds. The SMILES string of the molecule is C=C/C=C\C(=C)C.CC.CC.CC1CCC1. The Labute approximate surface area is 104 Å². The molecule has 16 heavy (non-hydrogen) atoms. The molecule has 0 spiro atoms. The second-order valence-electron chi connectivity index (χ2n) is 3.48. The predicted octanol–water partition coefficient (Wildman–Crippen LogP) is 6.16. The number of hydrogen-bond donors (Lipinski definition) is 0. The minimum Gasteiger partial charge on any atom is -0.0991 e. The number of allylic oxidation sites excluding steroid dienone is 4. The molecule has 0 heterocycles. The summed E-state index contributed by atoms with van der Waals surface area (Å²) < 4.78 is 0. The highest BCUT2D eigenvalue weighted by atomic mass is 14.1. The third-order valence-electron chi connectivity index (χ3n) is 1.91. The average molecular weight is 224 g/mol. The van der Waals surface area contributed by atoms with E-state index >= 15 is 0 Å². The lowest BCUT2D eigenvalue weighted by Crippen LogP contribution is -2.04. The Balaban J connectivity index is -0.000000164. The van der Waals surface area contributed by atoms with Gasteiger partial charge in [-0.05, 0) is 12.8 Å². The first-order valence-corrected chi connectivity index (χ1v) is 6.61. The van der Waals surface area contributed by atoms with E-state index in [9.17, 15) is 0 Å². The second kappa shape index (κ2) is 19.7. The van der Waals surface area contributed by atoms with Gasteiger partial charge in [-0.25, -0.2) is 0 Å². The minimum absolute atomic E-state index is 1.06. The molecule has 0 aromatic rings. The molecule has 0 bridgehead atoms. The first-order valence-electron chi connectivity index (χ1n) is 6.61. The zero-order valence-electron chi connectivity index (χ0n) is 12.3. The van der Waals surface area contributed by atoms with Crippen LogP contribution < -0.4 is 0 Å². The minimum atomic E-state index is 1.06. The second-order valence-corrected chi connectivity index (χ2v) is 3.48. The first-order chi connectivity index (χ1) is 7.66. The molecule has 0 radical (unpaired) electrons. The molecular weight excluding hydrogens is 192 g/mol. The van der Waals surface area contributed by atoms with Crippen molar-refractivity contribution in [2.45, 2.75) is 60.8 Å². The molecule has 1 aliphatic carbocycles. The summed E-state index contributed by atoms with van der Waals surface area (Å²) >= 11 is 0. The molecule has 1 saturated carbocycles. The van der Waals surface area contributed by atoms with Gasteiger partial charge in [0.2, 0.25) is 0 Å². The molecule has 0 aromatic carbocycles. The highest BCUT2D eigenvalue weighted by Gasteiger charge is 2.09. The quantitative estimate of drug-likeness (QED) is 0.492. The van der Waals surface area contributed by atoms with Gasteiger partial charge >= 0.3 is 0 Å². The van der Waals surface area contributed by atoms with Crippen molar-refractivity contribution < 1.29 is 0 Å². The van der Waals surface area contributed by atoms with E-state index < -0.39 is 0 Å². The third-order valence-corrected chi connectivity index (χ3v) is 1.91. The maximum absolute atomic E-state index is 3.66. The summed E-state index contributed by atoms with van der Waals surface area (Å²) in [6, 6.07) is 0. The molecule has 0 N–H and O–H groups in total. The van der Waals surface area contributed by atoms with Crippen molar-refractivity contribution in [3.8, 4) is 0 Å². The van der Waals surface area contributed by atoms with Gasteiger partial charge in [0.1, 0.15) is 0 Å². The fourth-order valence-electron chi connectivity index (χ4n) is 0.845. The van der Waals surface area contributed by atoms with Gasteiger partial charge in [0.15, 0.2) is 0 Å². The Kier molecular flexibility index (Phi) is 25.4. The van der Waals surface area contributed by atoms with Gasteiger partial charge < -0.3 is 0 Å². The van der Waals surface area contributed by atoms with Gasteiger partial charge in [0.05, 0.1) is 0 Å². The molecular formula is C16H32. The maximum Gasteiger partial charge on any atom is -0.0404 e. The fraction of sp³-hybridized carbons (Fsp3) is 0.625. The average Bonchev–Trinajstić information content (AvgIpc) is 2.30. The summed E-state index contributed by atoms with van der Waals surface area (Å²) in [5.74, 6) is 1.06. The van der Waals surface area contributed by atoms with E-state index in [1.807, 2.05) is 46.8 Å². The van der Waals surface area contributed by atoms with Gasteiger partial charge in [0, 0.05) is 0 Å². The van der Waals surface area contributed by atoms with Gasteiger partial charge in [0.25, 0.3) is 0 Å². The van der Waals surface area contributed by atoms with Crippen molar-refractivity contribution in [3.05, 3.63) is 37.0 Å². The normalized spacial score (nSPS) is 12.9. The lowest BCUT2D eigenvalue weighted by molar-refractivity contribution is 0.346. The van der Waals surface area contributed by atoms with E-state index in [1.54, 1.807) is 6.08 Å². The monoisotopic (exact) mass is 224 g/mol. The smallest absolute Gasteiger partial charge is 0.0404 e. The Morgan fingerprint density at radius 1 is 1.12 bits per heavy atom. The third kappa shape index (κ3) is 23.2. The van der Waals surface area contributed by atoms with Crippen molar-refractivity contribution in [3.63, 3.8) is 0 Å². The molecule has 0 aliphatic heterocycles. The topological polar surface area (TPSA) is 0 Å². The van der Waals surface area contributed by atoms with Gasteiger partial charge in [-0.15, -0.1) is 0 Å². The zero-order valence-corrected chi connectivity index (χ0v) is 12.3. The summed E-state index contributed by atoms with van der Waals surface area (Å²) in [7, 11) is 0. The maximum atomic E-state index is 3.66. The standard InChI is InChI=1S/C7H10.C5H10.2C2H6/c1-4-5-6-7(2)3;1-5-3-2-4-5;2*1-2/h4-6H,1-2H2,3H3;5H,2-4H2,1H3;2*1-2H3/b6-5-;;;. The van der Waals surface area contributed by atoms with E-state index in [4.69, 9.17) is 0 Å². The molecule has 0 aromatic heterocycles. The van der Waals surface area contributed by atoms with Crippen molar-refractivity contribution in [1.29, 1.82) is 0 Å². The van der Waals surface area contributed by atoms with Crippen LogP contribution in [0.3, 0.4) is 0 Å². The first kappa shape index (κ1) is 20.6. The Morgan fingerprint density at radius 3 is 1.56 bits per heavy atom. The van der Waals surface area contributed by atoms with Crippen LogP contribution in [0.4, 0.5) is 0 Å². The van der Waals surface area contributed by atoms with Crippen molar-refractivity contribution in [2.75, 3.05) is 0 Å². The van der Waals surface area contributed by atoms with Crippen LogP contribution in [0, 0.1) is 5.92 Å². The van der Waals surface area contributed by atoms with Gasteiger partial charge in [-0.2, -0.15) is 0 Å². The van der Waals surface area contributed by atoms with Gasteiger partial charge in [-0.1, -0.05) is 90.8 Å². The summed E-state index contributed by atoms with van der Waals surface area (Å²) in [5, 5.41) is 0. The molecule has 1 aliphatic rings. The molecule has 0 nitrogen and oxygen atoms in total. The van der Waals surface area contributed by atoms with Crippen LogP contribution in [0.5, 0.6) is 0 Å². The van der Waals surface area contributed by atoms with Crippen molar-refractivity contribution in [2.24, 2.45) is 5.92 Å². The molecule has 0 saturated heterocycles. The van der Waals surface area contributed by atoms with Gasteiger partial charge in [-0.3, -0.25) is 0 Å². The van der Waals surface area contributed by atoms with Crippen molar-refractivity contribution in [1.82, 2.24) is 0 Å². The molecule has 0 atom stereocenters. The zero-order chi connectivity index (χ0) is 13.4. The van der Waals surface area contributed by atoms with Crippen LogP contribution in [-0.4, -0.2) is 0 Å². The molecule has 0 heteroatoms. The highest BCUT2D eigenvalue weighted by Crippen LogP contribution is 2.24. The molecule has 1 rings (SSSR count). The lowest BCUT2D eigenvalue weighted by Gasteiger charge is -2.18. The van der Waals surface area contributed by atoms with E-state index in [1.165, 1.54) is 19.3 Å². The lowest BCUT2D eigenvalue weighted by atomic mass is 9.88. The molecule has 1 fully saturated rings. The highest BCUT2D eigenvalue weighted by molar-refractivity contribution is 5.15. The Hall–Kier alpha value is -0.780. The van der Waals surface area contributed by atoms with Crippen LogP contribution >= 0.6 is 0 Å². The van der Waals surface area contributed by atoms with Crippen LogP contribution in [0.15, 0.2) is 37.0 Å². The summed E-state index contributed by atoms with van der Waals surface area (Å²) in [6.07, 6.45) is 9.96. The molecule has 96 valence electrons. The van der Waals surface area contributed by atoms with Crippen LogP contribution in [0.2, 0.25) is 0 Å². The van der Waals surface area contributed by atoms with Crippen LogP contribution in [0.25, 0.3) is 0 Å². The molecule has 0 unspecified atom stereocenters. The summed E-state index contributed by atoms with van der Waals surface area (Å²) in [4.78, 5) is 0. The number of hydrogen-bond acceptors (Lipinski definition) is 0. The Bertz CT molecular complexity index is 159. The Morgan fingerprint density at radius 2 is 1.50 bits per heavy atom. The van der Waals surface area contributed by atoms with E-state index in [-0.39, 0.29) is 0 Å². The summed E-state index contributed by atoms with van der Waals surface area (Å²) in [6.45, 7) is 19.4.